The van der Waals surface area contributed by atoms with Gasteiger partial charge in [0.05, 0.1) is 18.9 Å². The summed E-state index contributed by atoms with van der Waals surface area (Å²) < 4.78 is 24.0. The van der Waals surface area contributed by atoms with Gasteiger partial charge in [0.15, 0.2) is 11.6 Å². The number of nitrogens with two attached hydrogens (primary N) is 1. The minimum atomic E-state index is -0.448. The molecule has 112 valence electrons. The second-order valence-corrected chi connectivity index (χ2v) is 4.73. The number of anilines is 3. The van der Waals surface area contributed by atoms with Crippen LogP contribution in [0.25, 0.3) is 0 Å². The largest absolute Gasteiger partial charge is 0.494 e. The van der Waals surface area contributed by atoms with Gasteiger partial charge >= 0.3 is 0 Å². The van der Waals surface area contributed by atoms with Crippen molar-refractivity contribution < 1.29 is 13.9 Å². The fraction of sp³-hybridized carbons (Fsp3) is 0.267. The van der Waals surface area contributed by atoms with E-state index in [4.69, 9.17) is 15.2 Å². The van der Waals surface area contributed by atoms with Crippen molar-refractivity contribution in [2.24, 2.45) is 0 Å². The fourth-order valence-corrected chi connectivity index (χ4v) is 1.73. The third-order valence-electron chi connectivity index (χ3n) is 2.66. The zero-order valence-electron chi connectivity index (χ0n) is 12.2. The summed E-state index contributed by atoms with van der Waals surface area (Å²) in [5.74, 6) is 0.611. The van der Waals surface area contributed by atoms with Crippen LogP contribution in [-0.4, -0.2) is 18.2 Å². The highest BCUT2D eigenvalue weighted by atomic mass is 19.1. The quantitative estimate of drug-likeness (QED) is 0.884. The predicted octanol–water partition coefficient (Wildman–Crippen LogP) is 3.34. The van der Waals surface area contributed by atoms with E-state index in [9.17, 15) is 4.39 Å². The second-order valence-electron chi connectivity index (χ2n) is 4.73. The van der Waals surface area contributed by atoms with Gasteiger partial charge in [-0.15, -0.1) is 0 Å². The lowest BCUT2D eigenvalue weighted by Gasteiger charge is -2.13. The Labute approximate surface area is 122 Å². The molecule has 0 spiro atoms. The van der Waals surface area contributed by atoms with E-state index in [1.54, 1.807) is 24.3 Å². The molecule has 2 aromatic rings. The molecule has 5 nitrogen and oxygen atoms in total. The number of nitrogens with one attached hydrogen (secondary N) is 1. The molecule has 1 aromatic carbocycles. The molecule has 1 aromatic heterocycles. The van der Waals surface area contributed by atoms with Gasteiger partial charge in [-0.1, -0.05) is 0 Å². The Balaban J connectivity index is 2.21. The Bertz CT molecular complexity index is 632. The van der Waals surface area contributed by atoms with E-state index in [1.807, 2.05) is 13.8 Å². The van der Waals surface area contributed by atoms with E-state index in [1.165, 1.54) is 13.2 Å². The highest BCUT2D eigenvalue weighted by Crippen LogP contribution is 2.26. The Morgan fingerprint density at radius 3 is 2.62 bits per heavy atom. The van der Waals surface area contributed by atoms with Gasteiger partial charge in [0, 0.05) is 11.8 Å². The zero-order valence-corrected chi connectivity index (χ0v) is 12.2. The standard InChI is InChI=1S/C15H18FN3O2/c1-9(2)21-15-12(17)5-7-14(19-15)18-10-4-6-13(20-3)11(16)8-10/h4-9H,17H2,1-3H3,(H,18,19). The van der Waals surface area contributed by atoms with E-state index in [-0.39, 0.29) is 11.9 Å². The molecule has 0 unspecified atom stereocenters. The van der Waals surface area contributed by atoms with E-state index >= 15 is 0 Å². The number of nitrogen functional groups attached to an aromatic ring is 1. The predicted molar refractivity (Wildman–Crippen MR) is 80.6 cm³/mol. The molecule has 6 heteroatoms. The van der Waals surface area contributed by atoms with Crippen LogP contribution in [0.5, 0.6) is 11.6 Å². The van der Waals surface area contributed by atoms with Crippen LogP contribution in [0.4, 0.5) is 21.6 Å². The maximum absolute atomic E-state index is 13.6. The van der Waals surface area contributed by atoms with Crippen LogP contribution >= 0.6 is 0 Å². The van der Waals surface area contributed by atoms with Gasteiger partial charge in [-0.2, -0.15) is 4.98 Å². The summed E-state index contributed by atoms with van der Waals surface area (Å²) in [4.78, 5) is 4.27. The third-order valence-corrected chi connectivity index (χ3v) is 2.66. The molecule has 0 saturated carbocycles. The van der Waals surface area contributed by atoms with E-state index in [0.717, 1.165) is 0 Å². The lowest BCUT2D eigenvalue weighted by atomic mass is 10.3. The topological polar surface area (TPSA) is 69.4 Å². The average Bonchev–Trinajstić information content (AvgIpc) is 2.42. The van der Waals surface area contributed by atoms with E-state index in [0.29, 0.717) is 23.1 Å². The molecule has 0 fully saturated rings. The number of rotatable bonds is 5. The summed E-state index contributed by atoms with van der Waals surface area (Å²) in [7, 11) is 1.42. The SMILES string of the molecule is COc1ccc(Nc2ccc(N)c(OC(C)C)n2)cc1F. The maximum atomic E-state index is 13.6. The van der Waals surface area contributed by atoms with Gasteiger partial charge in [0.1, 0.15) is 5.82 Å². The molecule has 0 amide bonds. The number of aromatic nitrogens is 1. The Hall–Kier alpha value is -2.50. The van der Waals surface area contributed by atoms with Crippen LogP contribution in [0.3, 0.4) is 0 Å². The molecule has 0 aliphatic heterocycles. The highest BCUT2D eigenvalue weighted by molar-refractivity contribution is 5.61. The highest BCUT2D eigenvalue weighted by Gasteiger charge is 2.08. The maximum Gasteiger partial charge on any atom is 0.239 e. The van der Waals surface area contributed by atoms with Crippen molar-refractivity contribution in [2.45, 2.75) is 20.0 Å². The van der Waals surface area contributed by atoms with Gasteiger partial charge < -0.3 is 20.5 Å². The third kappa shape index (κ3) is 3.75. The van der Waals surface area contributed by atoms with Crippen LogP contribution in [-0.2, 0) is 0 Å². The number of hydrogen-bond acceptors (Lipinski definition) is 5. The van der Waals surface area contributed by atoms with Crippen molar-refractivity contribution in [1.82, 2.24) is 4.98 Å². The minimum absolute atomic E-state index is 0.0338. The summed E-state index contributed by atoms with van der Waals surface area (Å²) in [6, 6.07) is 7.96. The van der Waals surface area contributed by atoms with Crippen molar-refractivity contribution >= 4 is 17.2 Å². The fourth-order valence-electron chi connectivity index (χ4n) is 1.73. The monoisotopic (exact) mass is 291 g/mol. The Kier molecular flexibility index (Phi) is 4.47. The van der Waals surface area contributed by atoms with Gasteiger partial charge in [0.25, 0.3) is 0 Å². The van der Waals surface area contributed by atoms with Crippen LogP contribution in [0.15, 0.2) is 30.3 Å². The van der Waals surface area contributed by atoms with Crippen molar-refractivity contribution in [3.8, 4) is 11.6 Å². The van der Waals surface area contributed by atoms with Gasteiger partial charge in [-0.05, 0) is 38.1 Å². The summed E-state index contributed by atoms with van der Waals surface area (Å²) >= 11 is 0. The second kappa shape index (κ2) is 6.30. The van der Waals surface area contributed by atoms with Crippen molar-refractivity contribution in [3.05, 3.63) is 36.1 Å². The molecule has 0 saturated heterocycles. The Morgan fingerprint density at radius 2 is 2.00 bits per heavy atom. The first-order chi connectivity index (χ1) is 9.99. The molecule has 0 aliphatic rings. The molecule has 2 rings (SSSR count). The summed E-state index contributed by atoms with van der Waals surface area (Å²) in [5, 5.41) is 2.99. The zero-order chi connectivity index (χ0) is 15.4. The number of ether oxygens (including phenoxy) is 2. The van der Waals surface area contributed by atoms with Crippen LogP contribution < -0.4 is 20.5 Å². The first-order valence-corrected chi connectivity index (χ1v) is 6.53. The number of hydrogen-bond donors (Lipinski definition) is 2. The van der Waals surface area contributed by atoms with Gasteiger partial charge in [-0.25, -0.2) is 4.39 Å². The average molecular weight is 291 g/mol. The molecule has 0 radical (unpaired) electrons. The number of pyridine rings is 1. The molecular weight excluding hydrogens is 273 g/mol. The van der Waals surface area contributed by atoms with Crippen molar-refractivity contribution in [2.75, 3.05) is 18.2 Å². The summed E-state index contributed by atoms with van der Waals surface area (Å²) in [6.45, 7) is 3.78. The van der Waals surface area contributed by atoms with E-state index in [2.05, 4.69) is 10.3 Å². The van der Waals surface area contributed by atoms with E-state index < -0.39 is 5.82 Å². The molecule has 21 heavy (non-hydrogen) atoms. The summed E-state index contributed by atoms with van der Waals surface area (Å²) in [6.07, 6.45) is -0.0338. The normalized spacial score (nSPS) is 10.5. The molecule has 1 heterocycles. The van der Waals surface area contributed by atoms with Crippen LogP contribution in [0.2, 0.25) is 0 Å². The molecule has 0 aliphatic carbocycles. The minimum Gasteiger partial charge on any atom is -0.494 e. The van der Waals surface area contributed by atoms with Crippen molar-refractivity contribution in [3.63, 3.8) is 0 Å². The van der Waals surface area contributed by atoms with Gasteiger partial charge in [-0.3, -0.25) is 0 Å². The first-order valence-electron chi connectivity index (χ1n) is 6.53. The van der Waals surface area contributed by atoms with Crippen LogP contribution in [0, 0.1) is 5.82 Å². The number of nitrogens with zero attached hydrogens (tertiary/aromatic N) is 1. The lowest BCUT2D eigenvalue weighted by molar-refractivity contribution is 0.234. The molecule has 3 N–H and O–H groups in total. The first kappa shape index (κ1) is 14.9. The molecule has 0 bridgehead atoms. The number of methoxy groups -OCH3 is 1. The smallest absolute Gasteiger partial charge is 0.239 e. The van der Waals surface area contributed by atoms with Crippen LogP contribution in [0.1, 0.15) is 13.8 Å². The van der Waals surface area contributed by atoms with Crippen molar-refractivity contribution in [1.29, 1.82) is 0 Å². The summed E-state index contributed by atoms with van der Waals surface area (Å²) in [5.41, 5.74) is 6.81. The Morgan fingerprint density at radius 1 is 1.24 bits per heavy atom. The molecule has 0 atom stereocenters. The van der Waals surface area contributed by atoms with Gasteiger partial charge in [0.2, 0.25) is 5.88 Å². The number of halogens is 1. The lowest BCUT2D eigenvalue weighted by Crippen LogP contribution is -2.09. The molecular formula is C15H18FN3O2. The number of benzene rings is 1.